The summed E-state index contributed by atoms with van der Waals surface area (Å²) in [5, 5.41) is 4.74. The predicted octanol–water partition coefficient (Wildman–Crippen LogP) is 2.44. The molecule has 0 radical (unpaired) electrons. The van der Waals surface area contributed by atoms with E-state index in [9.17, 15) is 13.2 Å². The second-order valence-electron chi connectivity index (χ2n) is 4.43. The standard InChI is InChI=1S/C13H13ClN2O4S/c1-8-7-12(16-20-8)15-13(17)9(2)21(18,19)11-6-4-3-5-10(11)14/h3-7,9H,1-2H3,(H,15,16,17). The van der Waals surface area contributed by atoms with Gasteiger partial charge in [0.15, 0.2) is 15.7 Å². The number of nitrogens with zero attached hydrogens (tertiary/aromatic N) is 1. The van der Waals surface area contributed by atoms with Gasteiger partial charge < -0.3 is 9.84 Å². The Morgan fingerprint density at radius 3 is 2.62 bits per heavy atom. The monoisotopic (exact) mass is 328 g/mol. The van der Waals surface area contributed by atoms with Crippen molar-refractivity contribution in [1.82, 2.24) is 5.16 Å². The van der Waals surface area contributed by atoms with E-state index in [2.05, 4.69) is 10.5 Å². The van der Waals surface area contributed by atoms with E-state index in [4.69, 9.17) is 16.1 Å². The molecule has 1 amide bonds. The molecule has 8 heteroatoms. The number of rotatable bonds is 4. The Balaban J connectivity index is 2.24. The van der Waals surface area contributed by atoms with Crippen molar-refractivity contribution in [2.24, 2.45) is 0 Å². The summed E-state index contributed by atoms with van der Waals surface area (Å²) in [7, 11) is -3.88. The van der Waals surface area contributed by atoms with Crippen LogP contribution < -0.4 is 5.32 Å². The van der Waals surface area contributed by atoms with Crippen LogP contribution in [0.4, 0.5) is 5.82 Å². The largest absolute Gasteiger partial charge is 0.360 e. The summed E-state index contributed by atoms with van der Waals surface area (Å²) < 4.78 is 29.6. The third-order valence-electron chi connectivity index (χ3n) is 2.86. The predicted molar refractivity (Wildman–Crippen MR) is 78.0 cm³/mol. The first-order chi connectivity index (χ1) is 9.82. The first-order valence-corrected chi connectivity index (χ1v) is 7.97. The molecule has 1 unspecified atom stereocenters. The summed E-state index contributed by atoms with van der Waals surface area (Å²) in [5.74, 6) is -0.0335. The molecule has 1 heterocycles. The van der Waals surface area contributed by atoms with Crippen LogP contribution in [0.25, 0.3) is 0 Å². The maximum Gasteiger partial charge on any atom is 0.244 e. The number of nitrogens with one attached hydrogen (secondary N) is 1. The molecule has 0 fully saturated rings. The normalized spacial score (nSPS) is 12.9. The molecule has 0 aliphatic rings. The highest BCUT2D eigenvalue weighted by atomic mass is 35.5. The number of aromatic nitrogens is 1. The molecule has 1 aromatic carbocycles. The molecule has 0 saturated carbocycles. The van der Waals surface area contributed by atoms with Crippen molar-refractivity contribution in [3.63, 3.8) is 0 Å². The van der Waals surface area contributed by atoms with Crippen LogP contribution in [0.3, 0.4) is 0 Å². The maximum atomic E-state index is 12.4. The minimum atomic E-state index is -3.88. The molecule has 2 rings (SSSR count). The van der Waals surface area contributed by atoms with Gasteiger partial charge in [-0.2, -0.15) is 0 Å². The van der Waals surface area contributed by atoms with Crippen LogP contribution in [-0.2, 0) is 14.6 Å². The Bertz CT molecular complexity index is 770. The van der Waals surface area contributed by atoms with Gasteiger partial charge in [0.05, 0.1) is 9.92 Å². The number of carbonyl (C=O) groups is 1. The molecular weight excluding hydrogens is 316 g/mol. The van der Waals surface area contributed by atoms with Crippen molar-refractivity contribution in [3.05, 3.63) is 41.1 Å². The summed E-state index contributed by atoms with van der Waals surface area (Å²) in [6.45, 7) is 2.95. The quantitative estimate of drug-likeness (QED) is 0.931. The van der Waals surface area contributed by atoms with Crippen molar-refractivity contribution in [1.29, 1.82) is 0 Å². The van der Waals surface area contributed by atoms with Crippen molar-refractivity contribution < 1.29 is 17.7 Å². The van der Waals surface area contributed by atoms with Crippen molar-refractivity contribution in [3.8, 4) is 0 Å². The fourth-order valence-electron chi connectivity index (χ4n) is 1.66. The number of halogens is 1. The number of anilines is 1. The van der Waals surface area contributed by atoms with E-state index in [1.165, 1.54) is 25.1 Å². The Hall–Kier alpha value is -1.86. The second-order valence-corrected chi connectivity index (χ2v) is 7.07. The first-order valence-electron chi connectivity index (χ1n) is 6.05. The van der Waals surface area contributed by atoms with Crippen LogP contribution in [0.1, 0.15) is 12.7 Å². The minimum Gasteiger partial charge on any atom is -0.360 e. The number of carbonyl (C=O) groups excluding carboxylic acids is 1. The van der Waals surface area contributed by atoms with E-state index >= 15 is 0 Å². The highest BCUT2D eigenvalue weighted by Crippen LogP contribution is 2.25. The lowest BCUT2D eigenvalue weighted by molar-refractivity contribution is -0.115. The Morgan fingerprint density at radius 2 is 2.05 bits per heavy atom. The van der Waals surface area contributed by atoms with Crippen LogP contribution in [0.15, 0.2) is 39.8 Å². The van der Waals surface area contributed by atoms with E-state index in [0.29, 0.717) is 5.76 Å². The Labute approximate surface area is 127 Å². The molecule has 0 saturated heterocycles. The van der Waals surface area contributed by atoms with E-state index in [0.717, 1.165) is 0 Å². The number of sulfone groups is 1. The summed E-state index contributed by atoms with van der Waals surface area (Å²) in [4.78, 5) is 12.0. The molecule has 21 heavy (non-hydrogen) atoms. The smallest absolute Gasteiger partial charge is 0.244 e. The summed E-state index contributed by atoms with van der Waals surface area (Å²) in [5.41, 5.74) is 0. The average molecular weight is 329 g/mol. The SMILES string of the molecule is Cc1cc(NC(=O)C(C)S(=O)(=O)c2ccccc2Cl)no1. The molecule has 1 atom stereocenters. The van der Waals surface area contributed by atoms with Crippen molar-refractivity contribution >= 4 is 33.2 Å². The molecule has 1 aromatic heterocycles. The fraction of sp³-hybridized carbons (Fsp3) is 0.231. The zero-order chi connectivity index (χ0) is 15.6. The minimum absolute atomic E-state index is 0.0781. The van der Waals surface area contributed by atoms with Gasteiger partial charge in [-0.3, -0.25) is 4.79 Å². The third-order valence-corrected chi connectivity index (χ3v) is 5.41. The Morgan fingerprint density at radius 1 is 1.38 bits per heavy atom. The zero-order valence-electron chi connectivity index (χ0n) is 11.3. The number of hydrogen-bond acceptors (Lipinski definition) is 5. The van der Waals surface area contributed by atoms with Crippen LogP contribution in [0, 0.1) is 6.92 Å². The van der Waals surface area contributed by atoms with E-state index in [1.807, 2.05) is 0 Å². The molecule has 2 aromatic rings. The van der Waals surface area contributed by atoms with Crippen LogP contribution in [0.5, 0.6) is 0 Å². The van der Waals surface area contributed by atoms with Gasteiger partial charge in [-0.05, 0) is 26.0 Å². The lowest BCUT2D eigenvalue weighted by Crippen LogP contribution is -2.32. The topological polar surface area (TPSA) is 89.3 Å². The summed E-state index contributed by atoms with van der Waals surface area (Å²) in [6, 6.07) is 7.48. The average Bonchev–Trinajstić information content (AvgIpc) is 2.83. The lowest BCUT2D eigenvalue weighted by Gasteiger charge is -2.13. The van der Waals surface area contributed by atoms with E-state index in [-0.39, 0.29) is 15.7 Å². The molecule has 6 nitrogen and oxygen atoms in total. The molecule has 0 spiro atoms. The van der Waals surface area contributed by atoms with Gasteiger partial charge in [0, 0.05) is 6.07 Å². The molecular formula is C13H13ClN2O4S. The number of amides is 1. The molecule has 1 N–H and O–H groups in total. The van der Waals surface area contributed by atoms with Gasteiger partial charge in [-0.15, -0.1) is 0 Å². The maximum absolute atomic E-state index is 12.4. The summed E-state index contributed by atoms with van der Waals surface area (Å²) in [6.07, 6.45) is 0. The van der Waals surface area contributed by atoms with Gasteiger partial charge in [0.1, 0.15) is 11.0 Å². The molecule has 0 aliphatic heterocycles. The van der Waals surface area contributed by atoms with Gasteiger partial charge >= 0.3 is 0 Å². The van der Waals surface area contributed by atoms with E-state index in [1.54, 1.807) is 19.1 Å². The van der Waals surface area contributed by atoms with Gasteiger partial charge in [-0.1, -0.05) is 28.9 Å². The fourth-order valence-corrected chi connectivity index (χ4v) is 3.45. The highest BCUT2D eigenvalue weighted by molar-refractivity contribution is 7.93. The first kappa shape index (κ1) is 15.5. The van der Waals surface area contributed by atoms with Crippen LogP contribution in [0.2, 0.25) is 5.02 Å². The highest BCUT2D eigenvalue weighted by Gasteiger charge is 2.31. The van der Waals surface area contributed by atoms with Crippen molar-refractivity contribution in [2.75, 3.05) is 5.32 Å². The number of benzene rings is 1. The van der Waals surface area contributed by atoms with Gasteiger partial charge in [0.25, 0.3) is 0 Å². The molecule has 0 bridgehead atoms. The summed E-state index contributed by atoms with van der Waals surface area (Å²) >= 11 is 5.88. The van der Waals surface area contributed by atoms with Crippen LogP contribution in [-0.4, -0.2) is 24.7 Å². The van der Waals surface area contributed by atoms with Crippen LogP contribution >= 0.6 is 11.6 Å². The zero-order valence-corrected chi connectivity index (χ0v) is 12.9. The Kier molecular flexibility index (Phi) is 4.34. The third kappa shape index (κ3) is 3.25. The lowest BCUT2D eigenvalue weighted by atomic mass is 10.4. The van der Waals surface area contributed by atoms with Gasteiger partial charge in [0.2, 0.25) is 5.91 Å². The molecule has 0 aliphatic carbocycles. The van der Waals surface area contributed by atoms with Gasteiger partial charge in [-0.25, -0.2) is 8.42 Å². The number of aryl methyl sites for hydroxylation is 1. The van der Waals surface area contributed by atoms with E-state index < -0.39 is 21.0 Å². The van der Waals surface area contributed by atoms with Crippen molar-refractivity contribution in [2.45, 2.75) is 24.0 Å². The number of hydrogen-bond donors (Lipinski definition) is 1. The second kappa shape index (κ2) is 5.87. The molecule has 112 valence electrons.